The fraction of sp³-hybridized carbons (Fsp3) is 0.143. The maximum atomic E-state index is 14.3. The van der Waals surface area contributed by atoms with Gasteiger partial charge in [0.25, 0.3) is 7.44 Å². The Kier molecular flexibility index (Phi) is 7.41. The predicted molar refractivity (Wildman–Crippen MR) is 164 cm³/mol. The lowest BCUT2D eigenvalue weighted by molar-refractivity contribution is 0.456. The second-order valence-electron chi connectivity index (χ2n) is 9.63. The van der Waals surface area contributed by atoms with Crippen LogP contribution in [0.2, 0.25) is 0 Å². The number of aromatic nitrogens is 3. The lowest BCUT2D eigenvalue weighted by Crippen LogP contribution is -2.37. The van der Waals surface area contributed by atoms with E-state index in [0.29, 0.717) is 5.56 Å². The Bertz CT molecular complexity index is 2320. The molecule has 0 bridgehead atoms. The van der Waals surface area contributed by atoms with E-state index in [1.807, 2.05) is 42.5 Å². The highest BCUT2D eigenvalue weighted by Crippen LogP contribution is 2.47. The average molecular weight is 613 g/mol. The van der Waals surface area contributed by atoms with Crippen molar-refractivity contribution >= 4 is 53.9 Å². The highest BCUT2D eigenvalue weighted by atomic mass is 32.1. The van der Waals surface area contributed by atoms with Gasteiger partial charge in [0, 0.05) is 10.9 Å². The molecule has 0 aliphatic heterocycles. The molecule has 14 heteroatoms. The predicted octanol–water partition coefficient (Wildman–Crippen LogP) is 3.44. The van der Waals surface area contributed by atoms with Crippen LogP contribution in [0.15, 0.2) is 58.1 Å². The molecule has 0 spiro atoms. The molecule has 0 saturated carbocycles. The number of fused-ring (bicyclic) bond motifs is 1. The van der Waals surface area contributed by atoms with Gasteiger partial charge >= 0.3 is 0 Å². The molecule has 11 nitrogen and oxygen atoms in total. The molecule has 0 atom stereocenters. The smallest absolute Gasteiger partial charge is 0.282 e. The number of rotatable bonds is 6. The van der Waals surface area contributed by atoms with Gasteiger partial charge in [0.05, 0.1) is 41.7 Å². The summed E-state index contributed by atoms with van der Waals surface area (Å²) in [5.74, 6) is 0.283. The topological polar surface area (TPSA) is 148 Å². The largest absolute Gasteiger partial charge is 0.289 e. The second-order valence-corrected chi connectivity index (χ2v) is 13.5. The number of benzene rings is 2. The van der Waals surface area contributed by atoms with Crippen LogP contribution in [0.1, 0.15) is 11.1 Å². The first-order valence-electron chi connectivity index (χ1n) is 12.3. The summed E-state index contributed by atoms with van der Waals surface area (Å²) in [6.07, 6.45) is 0. The van der Waals surface area contributed by atoms with Gasteiger partial charge in [-0.25, -0.2) is 9.34 Å². The van der Waals surface area contributed by atoms with Crippen LogP contribution in [-0.4, -0.2) is 52.4 Å². The number of hydrogen-bond donors (Lipinski definition) is 1. The van der Waals surface area contributed by atoms with E-state index < -0.39 is 18.3 Å². The van der Waals surface area contributed by atoms with Crippen molar-refractivity contribution in [3.63, 3.8) is 0 Å². The molecule has 0 amide bonds. The minimum absolute atomic E-state index is 0.0277. The molecular weight excluding hydrogens is 591 g/mol. The van der Waals surface area contributed by atoms with E-state index in [-0.39, 0.29) is 58.4 Å². The molecular formula is C28H21N8O3PS2. The second kappa shape index (κ2) is 10.7. The van der Waals surface area contributed by atoms with E-state index in [9.17, 15) is 24.7 Å². The molecule has 0 fully saturated rings. The monoisotopic (exact) mass is 612 g/mol. The van der Waals surface area contributed by atoms with Gasteiger partial charge in [-0.3, -0.25) is 19.6 Å². The normalized spacial score (nSPS) is 11.7. The molecule has 2 aromatic carbocycles. The van der Waals surface area contributed by atoms with Crippen LogP contribution in [0.25, 0.3) is 22.2 Å². The van der Waals surface area contributed by atoms with Crippen molar-refractivity contribution in [2.45, 2.75) is 0 Å². The summed E-state index contributed by atoms with van der Waals surface area (Å²) in [7, 11) is 3.14. The lowest BCUT2D eigenvalue weighted by Gasteiger charge is -2.29. The fourth-order valence-corrected chi connectivity index (χ4v) is 7.48. The van der Waals surface area contributed by atoms with Gasteiger partial charge < -0.3 is 0 Å². The third kappa shape index (κ3) is 4.27. The Morgan fingerprint density at radius 3 is 1.98 bits per heavy atom. The van der Waals surface area contributed by atoms with Crippen molar-refractivity contribution < 1.29 is 4.57 Å². The van der Waals surface area contributed by atoms with Crippen molar-refractivity contribution in [2.75, 3.05) is 33.6 Å². The molecule has 208 valence electrons. The van der Waals surface area contributed by atoms with E-state index in [1.54, 1.807) is 49.7 Å². The van der Waals surface area contributed by atoms with Crippen molar-refractivity contribution in [1.29, 1.82) is 10.5 Å². The SMILES string of the molecule is CN(C)P(=O)(c1nc(-c2ccccc2)nn1Nc1cccc2c(=O)c3c(=S)c(C#N)c(C#N)c(=S)c=3c(=O)c12)N(C)C. The summed E-state index contributed by atoms with van der Waals surface area (Å²) in [6.45, 7) is 0. The Balaban J connectivity index is 1.87. The molecule has 0 saturated heterocycles. The van der Waals surface area contributed by atoms with Gasteiger partial charge in [0.15, 0.2) is 16.7 Å². The molecule has 1 heterocycles. The zero-order chi connectivity index (χ0) is 30.5. The highest BCUT2D eigenvalue weighted by Gasteiger charge is 2.37. The summed E-state index contributed by atoms with van der Waals surface area (Å²) in [5, 5.41) is 23.5. The zero-order valence-electron chi connectivity index (χ0n) is 22.7. The average Bonchev–Trinajstić information content (AvgIpc) is 3.40. The van der Waals surface area contributed by atoms with Crippen molar-refractivity contribution in [2.24, 2.45) is 0 Å². The van der Waals surface area contributed by atoms with Crippen LogP contribution in [-0.2, 0) is 4.57 Å². The van der Waals surface area contributed by atoms with Crippen LogP contribution >= 0.6 is 31.9 Å². The third-order valence-electron chi connectivity index (χ3n) is 6.82. The molecule has 42 heavy (non-hydrogen) atoms. The molecule has 5 rings (SSSR count). The van der Waals surface area contributed by atoms with E-state index in [4.69, 9.17) is 24.4 Å². The third-order valence-corrected chi connectivity index (χ3v) is 10.6. The first-order valence-corrected chi connectivity index (χ1v) is 14.8. The minimum atomic E-state index is -3.49. The van der Waals surface area contributed by atoms with E-state index >= 15 is 0 Å². The van der Waals surface area contributed by atoms with Crippen molar-refractivity contribution in [3.05, 3.63) is 99.6 Å². The number of nitrogens with zero attached hydrogens (tertiary/aromatic N) is 7. The Labute approximate surface area is 249 Å². The molecule has 1 N–H and O–H groups in total. The van der Waals surface area contributed by atoms with Gasteiger partial charge in [-0.1, -0.05) is 66.9 Å². The summed E-state index contributed by atoms with van der Waals surface area (Å²) >= 11 is 10.8. The molecule has 0 radical (unpaired) electrons. The Morgan fingerprint density at radius 2 is 1.43 bits per heavy atom. The lowest BCUT2D eigenvalue weighted by atomic mass is 9.99. The molecule has 1 aromatic heterocycles. The van der Waals surface area contributed by atoms with Crippen LogP contribution < -0.4 is 21.8 Å². The van der Waals surface area contributed by atoms with Crippen LogP contribution in [0.5, 0.6) is 0 Å². The summed E-state index contributed by atoms with van der Waals surface area (Å²) in [5.41, 5.74) is 2.27. The maximum Gasteiger partial charge on any atom is 0.282 e. The minimum Gasteiger partial charge on any atom is -0.289 e. The number of anilines is 1. The zero-order valence-corrected chi connectivity index (χ0v) is 25.3. The van der Waals surface area contributed by atoms with Crippen LogP contribution in [0.3, 0.4) is 0 Å². The molecule has 2 aliphatic carbocycles. The van der Waals surface area contributed by atoms with Gasteiger partial charge in [-0.2, -0.15) is 15.5 Å². The Morgan fingerprint density at radius 1 is 0.857 bits per heavy atom. The first kappa shape index (κ1) is 29.0. The highest BCUT2D eigenvalue weighted by molar-refractivity contribution is 7.72. The Hall–Kier alpha value is -4.49. The quantitative estimate of drug-likeness (QED) is 0.221. The molecule has 3 aromatic rings. The number of hydrogen-bond acceptors (Lipinski definition) is 10. The van der Waals surface area contributed by atoms with Crippen LogP contribution in [0, 0.1) is 42.1 Å². The summed E-state index contributed by atoms with van der Waals surface area (Å²) in [6, 6.07) is 17.4. The van der Waals surface area contributed by atoms with Gasteiger partial charge in [0.1, 0.15) is 12.1 Å². The van der Waals surface area contributed by atoms with Crippen molar-refractivity contribution in [3.8, 4) is 23.5 Å². The molecule has 2 aliphatic rings. The molecule has 0 unspecified atom stereocenters. The van der Waals surface area contributed by atoms with Gasteiger partial charge in [-0.05, 0) is 34.3 Å². The number of nitrogens with one attached hydrogen (secondary N) is 1. The maximum absolute atomic E-state index is 14.3. The van der Waals surface area contributed by atoms with Crippen molar-refractivity contribution in [1.82, 2.24) is 24.2 Å². The fourth-order valence-electron chi connectivity index (χ4n) is 4.80. The summed E-state index contributed by atoms with van der Waals surface area (Å²) < 4.78 is 17.0. The first-order chi connectivity index (χ1) is 20.0. The van der Waals surface area contributed by atoms with Crippen LogP contribution in [0.4, 0.5) is 5.69 Å². The van der Waals surface area contributed by atoms with E-state index in [0.717, 1.165) is 0 Å². The summed E-state index contributed by atoms with van der Waals surface area (Å²) in [4.78, 5) is 33.6. The number of nitriles is 2. The van der Waals surface area contributed by atoms with Gasteiger partial charge in [0.2, 0.25) is 5.57 Å². The van der Waals surface area contributed by atoms with Gasteiger partial charge in [-0.15, -0.1) is 9.89 Å². The van der Waals surface area contributed by atoms with E-state index in [2.05, 4.69) is 15.5 Å². The van der Waals surface area contributed by atoms with E-state index in [1.165, 1.54) is 10.9 Å². The standard InChI is InChI=1S/C28H21N8O3PS2/c1-34(2)40(39,35(3)4)28-31-27(15-9-6-5-7-10-15)33-36(28)32-19-12-8-11-16-20(19)24(38)22-21(23(16)37)25(41)17(13-29)18(14-30)26(22)42/h5-12,32H,1-4H3.